The van der Waals surface area contributed by atoms with E-state index < -0.39 is 17.4 Å². The van der Waals surface area contributed by atoms with Gasteiger partial charge in [-0.3, -0.25) is 19.3 Å². The first kappa shape index (κ1) is 24.4. The number of nitrogens with zero attached hydrogens (tertiary/aromatic N) is 3. The van der Waals surface area contributed by atoms with E-state index in [4.69, 9.17) is 11.6 Å². The van der Waals surface area contributed by atoms with Gasteiger partial charge in [-0.2, -0.15) is 0 Å². The number of hydrogen-bond acceptors (Lipinski definition) is 4. The molecule has 2 unspecified atom stereocenters. The van der Waals surface area contributed by atoms with Crippen LogP contribution in [0.4, 0.5) is 9.18 Å². The number of halogens is 2. The molecule has 2 aliphatic heterocycles. The zero-order valence-corrected chi connectivity index (χ0v) is 20.5. The summed E-state index contributed by atoms with van der Waals surface area (Å²) in [5.74, 6) is -1.24. The second kappa shape index (κ2) is 8.83. The Morgan fingerprint density at radius 1 is 1.12 bits per heavy atom. The van der Waals surface area contributed by atoms with Crippen LogP contribution < -0.4 is 5.32 Å². The fourth-order valence-electron chi connectivity index (χ4n) is 5.88. The van der Waals surface area contributed by atoms with Crippen molar-refractivity contribution in [1.82, 2.24) is 20.0 Å². The van der Waals surface area contributed by atoms with Crippen molar-refractivity contribution < 1.29 is 23.6 Å². The standard InChI is InChI=1S/C24H30ClFN4O4/c1-15-11-23(2,3)14-24(12-15)21(33)30(22(34)27-24)13-19(31)28-6-8-29(9-7-28)20(32)17-5-4-16(26)10-18(17)25/h4-5,10,15H,6-9,11-14H2,1-3H3,(H,27,34). The molecule has 2 heterocycles. The highest BCUT2D eigenvalue weighted by Crippen LogP contribution is 2.46. The fraction of sp³-hybridized carbons (Fsp3) is 0.583. The van der Waals surface area contributed by atoms with Crippen LogP contribution in [0.15, 0.2) is 18.2 Å². The summed E-state index contributed by atoms with van der Waals surface area (Å²) >= 11 is 6.01. The number of benzene rings is 1. The summed E-state index contributed by atoms with van der Waals surface area (Å²) in [6.45, 7) is 7.02. The number of imide groups is 1. The van der Waals surface area contributed by atoms with Gasteiger partial charge in [0.15, 0.2) is 0 Å². The zero-order valence-electron chi connectivity index (χ0n) is 19.7. The van der Waals surface area contributed by atoms with Gasteiger partial charge in [-0.25, -0.2) is 9.18 Å². The molecule has 1 aliphatic carbocycles. The SMILES string of the molecule is CC1CC(C)(C)CC2(C1)NC(=O)N(CC(=O)N1CCN(C(=O)c3ccc(F)cc3Cl)CC1)C2=O. The molecule has 1 N–H and O–H groups in total. The fourth-order valence-corrected chi connectivity index (χ4v) is 6.13. The van der Waals surface area contributed by atoms with Crippen molar-refractivity contribution in [3.63, 3.8) is 0 Å². The van der Waals surface area contributed by atoms with Crippen molar-refractivity contribution in [2.75, 3.05) is 32.7 Å². The summed E-state index contributed by atoms with van der Waals surface area (Å²) in [5, 5.41) is 2.93. The molecular weight excluding hydrogens is 463 g/mol. The predicted molar refractivity (Wildman–Crippen MR) is 124 cm³/mol. The predicted octanol–water partition coefficient (Wildman–Crippen LogP) is 2.90. The van der Waals surface area contributed by atoms with E-state index in [0.29, 0.717) is 12.8 Å². The number of hydrogen-bond donors (Lipinski definition) is 1. The molecule has 1 aromatic carbocycles. The molecule has 5 amide bonds. The molecule has 0 aromatic heterocycles. The lowest BCUT2D eigenvalue weighted by Crippen LogP contribution is -2.55. The number of amides is 5. The van der Waals surface area contributed by atoms with Gasteiger partial charge in [-0.1, -0.05) is 32.4 Å². The van der Waals surface area contributed by atoms with Crippen LogP contribution in [0.1, 0.15) is 50.4 Å². The number of rotatable bonds is 3. The molecule has 34 heavy (non-hydrogen) atoms. The van der Waals surface area contributed by atoms with Gasteiger partial charge >= 0.3 is 6.03 Å². The van der Waals surface area contributed by atoms with E-state index in [1.54, 1.807) is 9.80 Å². The molecule has 3 fully saturated rings. The van der Waals surface area contributed by atoms with Gasteiger partial charge in [-0.05, 0) is 48.8 Å². The molecule has 0 bridgehead atoms. The molecule has 1 aromatic rings. The van der Waals surface area contributed by atoms with Crippen LogP contribution in [0, 0.1) is 17.2 Å². The van der Waals surface area contributed by atoms with Crippen LogP contribution >= 0.6 is 11.6 Å². The molecule has 8 nitrogen and oxygen atoms in total. The summed E-state index contributed by atoms with van der Waals surface area (Å²) in [5.41, 5.74) is -0.827. The first-order chi connectivity index (χ1) is 15.9. The van der Waals surface area contributed by atoms with E-state index in [1.165, 1.54) is 12.1 Å². The molecule has 4 rings (SSSR count). The maximum Gasteiger partial charge on any atom is 0.325 e. The van der Waals surface area contributed by atoms with Crippen LogP contribution in [0.25, 0.3) is 0 Å². The lowest BCUT2D eigenvalue weighted by atomic mass is 9.64. The molecule has 1 spiro atoms. The first-order valence-corrected chi connectivity index (χ1v) is 11.9. The smallest absolute Gasteiger partial charge is 0.325 e. The van der Waals surface area contributed by atoms with Gasteiger partial charge in [0.1, 0.15) is 17.9 Å². The van der Waals surface area contributed by atoms with Crippen molar-refractivity contribution in [3.05, 3.63) is 34.6 Å². The largest absolute Gasteiger partial charge is 0.338 e. The van der Waals surface area contributed by atoms with E-state index >= 15 is 0 Å². The number of urea groups is 1. The van der Waals surface area contributed by atoms with E-state index in [1.807, 2.05) is 0 Å². The Balaban J connectivity index is 1.36. The van der Waals surface area contributed by atoms with Crippen molar-refractivity contribution in [1.29, 1.82) is 0 Å². The van der Waals surface area contributed by atoms with E-state index in [-0.39, 0.29) is 72.4 Å². The Labute approximate surface area is 203 Å². The third kappa shape index (κ3) is 4.62. The van der Waals surface area contributed by atoms with Crippen LogP contribution in [0.3, 0.4) is 0 Å². The van der Waals surface area contributed by atoms with E-state index in [9.17, 15) is 23.6 Å². The summed E-state index contributed by atoms with van der Waals surface area (Å²) < 4.78 is 13.3. The van der Waals surface area contributed by atoms with Gasteiger partial charge < -0.3 is 15.1 Å². The molecular formula is C24H30ClFN4O4. The average Bonchev–Trinajstić information content (AvgIpc) is 2.95. The molecule has 2 saturated heterocycles. The van der Waals surface area contributed by atoms with Crippen molar-refractivity contribution in [3.8, 4) is 0 Å². The van der Waals surface area contributed by atoms with E-state index in [2.05, 4.69) is 26.1 Å². The van der Waals surface area contributed by atoms with Crippen LogP contribution in [0.5, 0.6) is 0 Å². The molecule has 0 radical (unpaired) electrons. The quantitative estimate of drug-likeness (QED) is 0.657. The second-order valence-electron chi connectivity index (χ2n) is 10.6. The normalized spacial score (nSPS) is 26.7. The molecule has 10 heteroatoms. The Morgan fingerprint density at radius 3 is 2.38 bits per heavy atom. The van der Waals surface area contributed by atoms with Crippen molar-refractivity contribution >= 4 is 35.4 Å². The minimum Gasteiger partial charge on any atom is -0.338 e. The molecule has 2 atom stereocenters. The monoisotopic (exact) mass is 492 g/mol. The summed E-state index contributed by atoms with van der Waals surface area (Å²) in [6.07, 6.45) is 2.09. The minimum absolute atomic E-state index is 0.0382. The van der Waals surface area contributed by atoms with Crippen molar-refractivity contribution in [2.24, 2.45) is 11.3 Å². The average molecular weight is 493 g/mol. The maximum atomic E-state index is 13.3. The third-order valence-electron chi connectivity index (χ3n) is 7.00. The van der Waals surface area contributed by atoms with Gasteiger partial charge in [0, 0.05) is 26.2 Å². The minimum atomic E-state index is -0.946. The Kier molecular flexibility index (Phi) is 6.35. The van der Waals surface area contributed by atoms with Gasteiger partial charge in [0.05, 0.1) is 10.6 Å². The highest BCUT2D eigenvalue weighted by molar-refractivity contribution is 6.33. The third-order valence-corrected chi connectivity index (χ3v) is 7.31. The molecule has 1 saturated carbocycles. The van der Waals surface area contributed by atoms with Crippen molar-refractivity contribution in [2.45, 2.75) is 45.6 Å². The lowest BCUT2D eigenvalue weighted by molar-refractivity contribution is -0.141. The first-order valence-electron chi connectivity index (χ1n) is 11.6. The second-order valence-corrected chi connectivity index (χ2v) is 11.0. The Bertz CT molecular complexity index is 1040. The topological polar surface area (TPSA) is 90.0 Å². The summed E-state index contributed by atoms with van der Waals surface area (Å²) in [6, 6.07) is 3.09. The van der Waals surface area contributed by atoms with Crippen LogP contribution in [-0.2, 0) is 9.59 Å². The highest BCUT2D eigenvalue weighted by Gasteiger charge is 2.56. The van der Waals surface area contributed by atoms with Gasteiger partial charge in [0.2, 0.25) is 5.91 Å². The van der Waals surface area contributed by atoms with Crippen LogP contribution in [-0.4, -0.2) is 76.7 Å². The number of nitrogens with one attached hydrogen (secondary N) is 1. The van der Waals surface area contributed by atoms with Gasteiger partial charge in [-0.15, -0.1) is 0 Å². The van der Waals surface area contributed by atoms with E-state index in [0.717, 1.165) is 17.4 Å². The summed E-state index contributed by atoms with van der Waals surface area (Å²) in [4.78, 5) is 55.8. The number of piperazine rings is 1. The maximum absolute atomic E-state index is 13.3. The molecule has 184 valence electrons. The summed E-state index contributed by atoms with van der Waals surface area (Å²) in [7, 11) is 0. The number of carbonyl (C=O) groups excluding carboxylic acids is 4. The molecule has 3 aliphatic rings. The Morgan fingerprint density at radius 2 is 1.76 bits per heavy atom. The van der Waals surface area contributed by atoms with Crippen LogP contribution in [0.2, 0.25) is 5.02 Å². The number of carbonyl (C=O) groups is 4. The highest BCUT2D eigenvalue weighted by atomic mass is 35.5. The van der Waals surface area contributed by atoms with Gasteiger partial charge in [0.25, 0.3) is 11.8 Å². The lowest BCUT2D eigenvalue weighted by Gasteiger charge is -2.43. The Hall–Kier alpha value is -2.68. The zero-order chi connectivity index (χ0) is 24.8.